The topological polar surface area (TPSA) is 93.4 Å². The zero-order valence-electron chi connectivity index (χ0n) is 13.5. The summed E-state index contributed by atoms with van der Waals surface area (Å²) in [6.07, 6.45) is 0. The number of likely N-dealkylation sites (N-methyl/N-ethyl adjacent to an activating group) is 1. The summed E-state index contributed by atoms with van der Waals surface area (Å²) in [5.41, 5.74) is 7.23. The van der Waals surface area contributed by atoms with Gasteiger partial charge in [0.1, 0.15) is 11.8 Å². The summed E-state index contributed by atoms with van der Waals surface area (Å²) in [7, 11) is 1.56. The average molecular weight is 327 g/mol. The number of carbonyl (C=O) groups excluding carboxylic acids is 2. The summed E-state index contributed by atoms with van der Waals surface area (Å²) in [5, 5.41) is 5.64. The first-order chi connectivity index (χ1) is 11.6. The fourth-order valence-electron chi connectivity index (χ4n) is 2.21. The molecule has 2 rings (SSSR count). The van der Waals surface area contributed by atoms with Gasteiger partial charge in [-0.1, -0.05) is 42.5 Å². The molecule has 2 amide bonds. The van der Waals surface area contributed by atoms with E-state index < -0.39 is 11.9 Å². The highest BCUT2D eigenvalue weighted by atomic mass is 16.5. The second-order valence-corrected chi connectivity index (χ2v) is 5.24. The van der Waals surface area contributed by atoms with Gasteiger partial charge in [0.25, 0.3) is 5.91 Å². The first-order valence-electron chi connectivity index (χ1n) is 7.60. The van der Waals surface area contributed by atoms with E-state index in [1.807, 2.05) is 48.5 Å². The molecule has 0 saturated heterocycles. The Morgan fingerprint density at radius 1 is 1.12 bits per heavy atom. The predicted octanol–water partition coefficient (Wildman–Crippen LogP) is 1.13. The molecule has 0 aliphatic heterocycles. The SMILES string of the molecule is CNC(=O)COc1cccc(CN[C@@H](C(N)=O)c2ccccc2)c1. The van der Waals surface area contributed by atoms with Crippen LogP contribution in [0.3, 0.4) is 0 Å². The summed E-state index contributed by atoms with van der Waals surface area (Å²) in [4.78, 5) is 22.9. The molecule has 0 aliphatic rings. The van der Waals surface area contributed by atoms with Gasteiger partial charge in [-0.05, 0) is 23.3 Å². The highest BCUT2D eigenvalue weighted by Crippen LogP contribution is 2.16. The highest BCUT2D eigenvalue weighted by Gasteiger charge is 2.16. The van der Waals surface area contributed by atoms with Crippen LogP contribution in [-0.2, 0) is 16.1 Å². The van der Waals surface area contributed by atoms with Crippen LogP contribution < -0.4 is 21.1 Å². The Labute approximate surface area is 141 Å². The number of hydrogen-bond acceptors (Lipinski definition) is 4. The lowest BCUT2D eigenvalue weighted by Crippen LogP contribution is -2.33. The number of rotatable bonds is 8. The van der Waals surface area contributed by atoms with Crippen LogP contribution in [0.25, 0.3) is 0 Å². The van der Waals surface area contributed by atoms with Crippen molar-refractivity contribution >= 4 is 11.8 Å². The van der Waals surface area contributed by atoms with E-state index in [1.165, 1.54) is 0 Å². The van der Waals surface area contributed by atoms with Gasteiger partial charge in [-0.2, -0.15) is 0 Å². The Hall–Kier alpha value is -2.86. The van der Waals surface area contributed by atoms with E-state index >= 15 is 0 Å². The van der Waals surface area contributed by atoms with Crippen LogP contribution in [0.1, 0.15) is 17.2 Å². The fourth-order valence-corrected chi connectivity index (χ4v) is 2.21. The minimum absolute atomic E-state index is 0.0404. The second-order valence-electron chi connectivity index (χ2n) is 5.24. The van der Waals surface area contributed by atoms with Crippen molar-refractivity contribution in [2.24, 2.45) is 5.73 Å². The number of hydrogen-bond donors (Lipinski definition) is 3. The first kappa shape index (κ1) is 17.5. The smallest absolute Gasteiger partial charge is 0.257 e. The van der Waals surface area contributed by atoms with E-state index in [2.05, 4.69) is 10.6 Å². The third kappa shape index (κ3) is 5.10. The Kier molecular flexibility index (Phi) is 6.33. The molecule has 1 atom stereocenters. The Morgan fingerprint density at radius 2 is 1.88 bits per heavy atom. The zero-order valence-corrected chi connectivity index (χ0v) is 13.5. The summed E-state index contributed by atoms with van der Waals surface area (Å²) < 4.78 is 5.41. The maximum absolute atomic E-state index is 11.7. The van der Waals surface area contributed by atoms with Crippen molar-refractivity contribution in [3.63, 3.8) is 0 Å². The van der Waals surface area contributed by atoms with Crippen molar-refractivity contribution < 1.29 is 14.3 Å². The van der Waals surface area contributed by atoms with Gasteiger partial charge in [-0.25, -0.2) is 0 Å². The third-order valence-electron chi connectivity index (χ3n) is 3.47. The van der Waals surface area contributed by atoms with Crippen LogP contribution in [0, 0.1) is 0 Å². The minimum atomic E-state index is -0.568. The van der Waals surface area contributed by atoms with Crippen LogP contribution in [0.4, 0.5) is 0 Å². The number of amides is 2. The zero-order chi connectivity index (χ0) is 17.4. The lowest BCUT2D eigenvalue weighted by molar-refractivity contribution is -0.122. The molecule has 0 aliphatic carbocycles. The maximum atomic E-state index is 11.7. The molecule has 6 nitrogen and oxygen atoms in total. The summed E-state index contributed by atoms with van der Waals surface area (Å²) in [6, 6.07) is 16.1. The quantitative estimate of drug-likeness (QED) is 0.677. The van der Waals surface area contributed by atoms with Gasteiger partial charge in [0.2, 0.25) is 5.91 Å². The van der Waals surface area contributed by atoms with Gasteiger partial charge in [-0.3, -0.25) is 14.9 Å². The van der Waals surface area contributed by atoms with Gasteiger partial charge in [0.05, 0.1) is 0 Å². The number of ether oxygens (including phenoxy) is 1. The van der Waals surface area contributed by atoms with Gasteiger partial charge >= 0.3 is 0 Å². The molecular formula is C18H21N3O3. The molecule has 0 radical (unpaired) electrons. The molecule has 0 fully saturated rings. The van der Waals surface area contributed by atoms with Gasteiger partial charge < -0.3 is 15.8 Å². The van der Waals surface area contributed by atoms with Gasteiger partial charge in [0, 0.05) is 13.6 Å². The molecule has 0 spiro atoms. The van der Waals surface area contributed by atoms with E-state index in [-0.39, 0.29) is 12.5 Å². The molecule has 0 heterocycles. The van der Waals surface area contributed by atoms with Crippen LogP contribution >= 0.6 is 0 Å². The molecule has 24 heavy (non-hydrogen) atoms. The van der Waals surface area contributed by atoms with E-state index in [0.717, 1.165) is 11.1 Å². The van der Waals surface area contributed by atoms with Crippen molar-refractivity contribution in [1.82, 2.24) is 10.6 Å². The van der Waals surface area contributed by atoms with E-state index in [9.17, 15) is 9.59 Å². The molecular weight excluding hydrogens is 306 g/mol. The predicted molar refractivity (Wildman–Crippen MR) is 91.2 cm³/mol. The molecule has 4 N–H and O–H groups in total. The molecule has 126 valence electrons. The van der Waals surface area contributed by atoms with Crippen LogP contribution in [0.15, 0.2) is 54.6 Å². The van der Waals surface area contributed by atoms with Crippen LogP contribution in [-0.4, -0.2) is 25.5 Å². The number of carbonyl (C=O) groups is 2. The maximum Gasteiger partial charge on any atom is 0.257 e. The average Bonchev–Trinajstić information content (AvgIpc) is 2.61. The minimum Gasteiger partial charge on any atom is -0.484 e. The molecule has 0 aromatic heterocycles. The van der Waals surface area contributed by atoms with Crippen molar-refractivity contribution in [3.8, 4) is 5.75 Å². The van der Waals surface area contributed by atoms with E-state index in [4.69, 9.17) is 10.5 Å². The molecule has 6 heteroatoms. The van der Waals surface area contributed by atoms with Crippen molar-refractivity contribution in [3.05, 3.63) is 65.7 Å². The number of nitrogens with two attached hydrogens (primary N) is 1. The Morgan fingerprint density at radius 3 is 2.54 bits per heavy atom. The van der Waals surface area contributed by atoms with Crippen LogP contribution in [0.5, 0.6) is 5.75 Å². The van der Waals surface area contributed by atoms with Crippen LogP contribution in [0.2, 0.25) is 0 Å². The summed E-state index contributed by atoms with van der Waals surface area (Å²) in [5.74, 6) is -0.0437. The lowest BCUT2D eigenvalue weighted by Gasteiger charge is -2.16. The van der Waals surface area contributed by atoms with E-state index in [1.54, 1.807) is 13.1 Å². The van der Waals surface area contributed by atoms with Crippen molar-refractivity contribution in [2.45, 2.75) is 12.6 Å². The second kappa shape index (κ2) is 8.69. The number of primary amides is 1. The summed E-state index contributed by atoms with van der Waals surface area (Å²) >= 11 is 0. The highest BCUT2D eigenvalue weighted by molar-refractivity contribution is 5.81. The molecule has 2 aromatic rings. The molecule has 2 aromatic carbocycles. The molecule has 0 bridgehead atoms. The van der Waals surface area contributed by atoms with E-state index in [0.29, 0.717) is 12.3 Å². The third-order valence-corrected chi connectivity index (χ3v) is 3.47. The monoisotopic (exact) mass is 327 g/mol. The summed E-state index contributed by atoms with van der Waals surface area (Å²) in [6.45, 7) is 0.404. The normalized spacial score (nSPS) is 11.5. The van der Waals surface area contributed by atoms with Crippen molar-refractivity contribution in [2.75, 3.05) is 13.7 Å². The van der Waals surface area contributed by atoms with Gasteiger partial charge in [-0.15, -0.1) is 0 Å². The Balaban J connectivity index is 2.00. The van der Waals surface area contributed by atoms with Crippen molar-refractivity contribution in [1.29, 1.82) is 0 Å². The standard InChI is InChI=1S/C18H21N3O3/c1-20-16(22)12-24-15-9-5-6-13(10-15)11-21-17(18(19)23)14-7-3-2-4-8-14/h2-10,17,21H,11-12H2,1H3,(H2,19,23)(H,20,22)/t17-/m1/s1. The number of nitrogens with one attached hydrogen (secondary N) is 2. The largest absolute Gasteiger partial charge is 0.484 e. The number of benzene rings is 2. The fraction of sp³-hybridized carbons (Fsp3) is 0.222. The lowest BCUT2D eigenvalue weighted by atomic mass is 10.1. The Bertz CT molecular complexity index is 689. The molecule has 0 saturated carbocycles. The van der Waals surface area contributed by atoms with Gasteiger partial charge in [0.15, 0.2) is 6.61 Å². The first-order valence-corrected chi connectivity index (χ1v) is 7.60. The molecule has 0 unspecified atom stereocenters.